The molecule has 0 fully saturated rings. The quantitative estimate of drug-likeness (QED) is 0.145. The lowest BCUT2D eigenvalue weighted by Crippen LogP contribution is -1.93. The Labute approximate surface area is 256 Å². The molecule has 208 valence electrons. The summed E-state index contributed by atoms with van der Waals surface area (Å²) in [5.74, 6) is 0. The monoisotopic (exact) mass is 562 g/mol. The van der Waals surface area contributed by atoms with Gasteiger partial charge in [-0.25, -0.2) is 0 Å². The molecule has 44 heavy (non-hydrogen) atoms. The highest BCUT2D eigenvalue weighted by atomic mass is 16.3. The van der Waals surface area contributed by atoms with Crippen molar-refractivity contribution in [1.82, 2.24) is 0 Å². The maximum Gasteiger partial charge on any atom is 0.143 e. The van der Waals surface area contributed by atoms with Gasteiger partial charge >= 0.3 is 0 Å². The van der Waals surface area contributed by atoms with Crippen molar-refractivity contribution in [2.45, 2.75) is 6.42 Å². The first-order chi connectivity index (χ1) is 21.8. The van der Waals surface area contributed by atoms with Gasteiger partial charge in [-0.3, -0.25) is 0 Å². The molecule has 0 atom stereocenters. The van der Waals surface area contributed by atoms with Crippen molar-refractivity contribution in [2.24, 2.45) is 0 Å². The molecule has 1 aromatic heterocycles. The molecule has 0 aliphatic rings. The number of fused-ring (bicyclic) bond motifs is 6. The molecule has 1 heteroatoms. The minimum Gasteiger partial charge on any atom is -0.455 e. The topological polar surface area (TPSA) is 13.1 Å². The van der Waals surface area contributed by atoms with Crippen LogP contribution < -0.4 is 0 Å². The summed E-state index contributed by atoms with van der Waals surface area (Å²) in [6.45, 7) is 3.78. The highest BCUT2D eigenvalue weighted by Crippen LogP contribution is 2.47. The van der Waals surface area contributed by atoms with Gasteiger partial charge in [0.2, 0.25) is 0 Å². The van der Waals surface area contributed by atoms with Crippen LogP contribution in [0.2, 0.25) is 0 Å². The van der Waals surface area contributed by atoms with Crippen LogP contribution in [0.25, 0.3) is 76.5 Å². The highest BCUT2D eigenvalue weighted by molar-refractivity contribution is 6.24. The van der Waals surface area contributed by atoms with Crippen LogP contribution in [-0.2, 0) is 6.42 Å². The van der Waals surface area contributed by atoms with Gasteiger partial charge in [-0.05, 0) is 79.2 Å². The van der Waals surface area contributed by atoms with Gasteiger partial charge in [-0.2, -0.15) is 0 Å². The second-order valence-corrected chi connectivity index (χ2v) is 11.2. The van der Waals surface area contributed by atoms with Crippen LogP contribution in [0.3, 0.4) is 0 Å². The molecule has 8 rings (SSSR count). The Kier molecular flexibility index (Phi) is 6.43. The average molecular weight is 563 g/mol. The van der Waals surface area contributed by atoms with Crippen molar-refractivity contribution in [3.63, 3.8) is 0 Å². The Bertz CT molecular complexity index is 2360. The molecule has 1 nitrogen and oxygen atoms in total. The summed E-state index contributed by atoms with van der Waals surface area (Å²) in [7, 11) is 0. The lowest BCUT2D eigenvalue weighted by Gasteiger charge is -2.18. The molecule has 0 radical (unpaired) electrons. The van der Waals surface area contributed by atoms with Crippen molar-refractivity contribution in [3.05, 3.63) is 170 Å². The molecule has 7 aromatic carbocycles. The van der Waals surface area contributed by atoms with Crippen molar-refractivity contribution < 1.29 is 4.42 Å². The summed E-state index contributed by atoms with van der Waals surface area (Å²) in [5.41, 5.74) is 7.86. The molecule has 0 saturated heterocycles. The molecule has 1 heterocycles. The van der Waals surface area contributed by atoms with E-state index in [1.807, 2.05) is 12.2 Å². The number of rotatable bonds is 6. The van der Waals surface area contributed by atoms with Crippen LogP contribution in [0, 0.1) is 0 Å². The van der Waals surface area contributed by atoms with Gasteiger partial charge in [0, 0.05) is 16.3 Å². The van der Waals surface area contributed by atoms with Crippen LogP contribution >= 0.6 is 0 Å². The minimum absolute atomic E-state index is 0.839. The smallest absolute Gasteiger partial charge is 0.143 e. The van der Waals surface area contributed by atoms with Gasteiger partial charge in [-0.15, -0.1) is 0 Å². The minimum atomic E-state index is 0.839. The van der Waals surface area contributed by atoms with E-state index in [0.717, 1.165) is 39.5 Å². The fourth-order valence-electron chi connectivity index (χ4n) is 6.75. The maximum absolute atomic E-state index is 6.82. The molecule has 0 unspecified atom stereocenters. The summed E-state index contributed by atoms with van der Waals surface area (Å²) >= 11 is 0. The summed E-state index contributed by atoms with van der Waals surface area (Å²) < 4.78 is 6.82. The number of hydrogen-bond donors (Lipinski definition) is 0. The van der Waals surface area contributed by atoms with Crippen molar-refractivity contribution in [2.75, 3.05) is 0 Å². The average Bonchev–Trinajstić information content (AvgIpc) is 3.45. The third-order valence-electron chi connectivity index (χ3n) is 8.70. The van der Waals surface area contributed by atoms with E-state index in [0.29, 0.717) is 0 Å². The van der Waals surface area contributed by atoms with Crippen LogP contribution in [0.1, 0.15) is 5.56 Å². The third kappa shape index (κ3) is 4.25. The van der Waals surface area contributed by atoms with Crippen LogP contribution in [-0.4, -0.2) is 0 Å². The van der Waals surface area contributed by atoms with E-state index < -0.39 is 0 Å². The van der Waals surface area contributed by atoms with Crippen molar-refractivity contribution in [1.29, 1.82) is 0 Å². The molecule has 8 aromatic rings. The van der Waals surface area contributed by atoms with Crippen LogP contribution in [0.15, 0.2) is 169 Å². The molecule has 0 saturated carbocycles. The zero-order valence-corrected chi connectivity index (χ0v) is 24.3. The van der Waals surface area contributed by atoms with E-state index in [1.54, 1.807) is 6.08 Å². The van der Waals surface area contributed by atoms with E-state index in [4.69, 9.17) is 4.42 Å². The first-order valence-electron chi connectivity index (χ1n) is 15.1. The van der Waals surface area contributed by atoms with E-state index in [9.17, 15) is 0 Å². The number of benzene rings is 7. The van der Waals surface area contributed by atoms with Crippen LogP contribution in [0.4, 0.5) is 0 Å². The second kappa shape index (κ2) is 10.9. The Hall–Kier alpha value is -5.66. The maximum atomic E-state index is 6.82. The van der Waals surface area contributed by atoms with Gasteiger partial charge in [0.1, 0.15) is 11.2 Å². The van der Waals surface area contributed by atoms with E-state index in [2.05, 4.69) is 146 Å². The SMILES string of the molecule is C=C/C=C\C=C/Cc1c2ccccc2c(-c2ccc(-c3ccccc3)c3oc4cc5ccccc5cc4c23)c2ccccc12. The summed E-state index contributed by atoms with van der Waals surface area (Å²) in [5, 5.41) is 9.74. The zero-order chi connectivity index (χ0) is 29.5. The lowest BCUT2D eigenvalue weighted by atomic mass is 9.85. The molecule has 0 N–H and O–H groups in total. The van der Waals surface area contributed by atoms with Crippen molar-refractivity contribution >= 4 is 54.3 Å². The van der Waals surface area contributed by atoms with E-state index in [-0.39, 0.29) is 0 Å². The van der Waals surface area contributed by atoms with Crippen molar-refractivity contribution in [3.8, 4) is 22.3 Å². The summed E-state index contributed by atoms with van der Waals surface area (Å²) in [6, 6.07) is 45.8. The third-order valence-corrected chi connectivity index (χ3v) is 8.70. The second-order valence-electron chi connectivity index (χ2n) is 11.2. The van der Waals surface area contributed by atoms with Gasteiger partial charge in [-0.1, -0.05) is 146 Å². The molecule has 0 aliphatic heterocycles. The van der Waals surface area contributed by atoms with Gasteiger partial charge in [0.05, 0.1) is 0 Å². The summed E-state index contributed by atoms with van der Waals surface area (Å²) in [6.07, 6.45) is 11.0. The number of hydrogen-bond acceptors (Lipinski definition) is 1. The molecular formula is C43H30O. The zero-order valence-electron chi connectivity index (χ0n) is 24.3. The van der Waals surface area contributed by atoms with E-state index in [1.165, 1.54) is 49.0 Å². The predicted molar refractivity (Wildman–Crippen MR) is 189 cm³/mol. The standard InChI is InChI=1S/C43H30O/c1-2-3-4-5-9-20-33-34-21-12-14-23-36(34)41(37-24-15-13-22-35(33)37)38-26-25-32(29-16-7-6-8-17-29)43-42(38)39-27-30-18-10-11-19-31(30)28-40(39)44-43/h2-19,21-28H,1,20H2/b4-3-,9-5-. The normalized spacial score (nSPS) is 12.1. The molecular weight excluding hydrogens is 532 g/mol. The Morgan fingerprint density at radius 2 is 1.16 bits per heavy atom. The predicted octanol–water partition coefficient (Wildman–Crippen LogP) is 12.2. The molecule has 0 aliphatic carbocycles. The van der Waals surface area contributed by atoms with E-state index >= 15 is 0 Å². The molecule has 0 bridgehead atoms. The Balaban J connectivity index is 1.49. The molecule has 0 amide bonds. The van der Waals surface area contributed by atoms with Gasteiger partial charge in [0.25, 0.3) is 0 Å². The lowest BCUT2D eigenvalue weighted by molar-refractivity contribution is 0.670. The fourth-order valence-corrected chi connectivity index (χ4v) is 6.75. The molecule has 0 spiro atoms. The summed E-state index contributed by atoms with van der Waals surface area (Å²) in [4.78, 5) is 0. The first-order valence-corrected chi connectivity index (χ1v) is 15.1. The highest BCUT2D eigenvalue weighted by Gasteiger charge is 2.21. The Morgan fingerprint density at radius 3 is 1.86 bits per heavy atom. The largest absolute Gasteiger partial charge is 0.455 e. The van der Waals surface area contributed by atoms with Gasteiger partial charge < -0.3 is 4.42 Å². The first kappa shape index (κ1) is 26.0. The van der Waals surface area contributed by atoms with Gasteiger partial charge in [0.15, 0.2) is 0 Å². The number of furan rings is 1. The fraction of sp³-hybridized carbons (Fsp3) is 0.0233. The Morgan fingerprint density at radius 1 is 0.545 bits per heavy atom. The van der Waals surface area contributed by atoms with Crippen LogP contribution in [0.5, 0.6) is 0 Å². The number of allylic oxidation sites excluding steroid dienone is 5.